The molecule has 6 nitrogen and oxygen atoms in total. The average Bonchev–Trinajstić information content (AvgIpc) is 2.54. The molecule has 6 heteroatoms. The van der Waals surface area contributed by atoms with Gasteiger partial charge in [-0.25, -0.2) is 0 Å². The summed E-state index contributed by atoms with van der Waals surface area (Å²) >= 11 is 0. The van der Waals surface area contributed by atoms with Gasteiger partial charge in [0.25, 0.3) is 11.8 Å². The van der Waals surface area contributed by atoms with Crippen LogP contribution < -0.4 is 15.6 Å². The van der Waals surface area contributed by atoms with Crippen LogP contribution in [0.5, 0.6) is 5.75 Å². The third kappa shape index (κ3) is 4.31. The lowest BCUT2D eigenvalue weighted by Crippen LogP contribution is -2.47. The van der Waals surface area contributed by atoms with E-state index >= 15 is 0 Å². The molecule has 21 heavy (non-hydrogen) atoms. The second-order valence-corrected chi connectivity index (χ2v) is 4.25. The molecule has 0 fully saturated rings. The minimum absolute atomic E-state index is 0.405. The molecule has 1 heterocycles. The molecule has 2 N–H and O–H groups in total. The van der Waals surface area contributed by atoms with Crippen molar-refractivity contribution in [1.29, 1.82) is 0 Å². The molecule has 1 atom stereocenters. The topological polar surface area (TPSA) is 80.3 Å². The fraction of sp³-hybridized carbons (Fsp3) is 0.133. The Morgan fingerprint density at radius 1 is 1.05 bits per heavy atom. The van der Waals surface area contributed by atoms with Gasteiger partial charge in [-0.1, -0.05) is 18.2 Å². The van der Waals surface area contributed by atoms with Crippen LogP contribution in [0.15, 0.2) is 54.9 Å². The first kappa shape index (κ1) is 14.5. The smallest absolute Gasteiger partial charge is 0.279 e. The summed E-state index contributed by atoms with van der Waals surface area (Å²) in [5, 5.41) is 0. The van der Waals surface area contributed by atoms with Gasteiger partial charge in [-0.2, -0.15) is 0 Å². The fourth-order valence-electron chi connectivity index (χ4n) is 1.55. The van der Waals surface area contributed by atoms with E-state index in [2.05, 4.69) is 15.8 Å². The largest absolute Gasteiger partial charge is 0.481 e. The lowest BCUT2D eigenvalue weighted by atomic mass is 10.2. The van der Waals surface area contributed by atoms with Crippen LogP contribution in [0.1, 0.15) is 17.3 Å². The van der Waals surface area contributed by atoms with E-state index in [0.717, 1.165) is 0 Å². The molecular formula is C15H15N3O3. The van der Waals surface area contributed by atoms with Crippen LogP contribution >= 0.6 is 0 Å². The van der Waals surface area contributed by atoms with Crippen molar-refractivity contribution in [2.75, 3.05) is 0 Å². The Morgan fingerprint density at radius 3 is 2.38 bits per heavy atom. The number of pyridine rings is 1. The first-order chi connectivity index (χ1) is 10.2. The molecule has 0 saturated carbocycles. The molecule has 0 saturated heterocycles. The van der Waals surface area contributed by atoms with Gasteiger partial charge in [0.1, 0.15) is 5.75 Å². The third-order valence-corrected chi connectivity index (χ3v) is 2.67. The van der Waals surface area contributed by atoms with Crippen LogP contribution in [-0.2, 0) is 4.79 Å². The molecule has 0 aliphatic rings. The van der Waals surface area contributed by atoms with Gasteiger partial charge in [0.15, 0.2) is 6.10 Å². The number of ether oxygens (including phenoxy) is 1. The quantitative estimate of drug-likeness (QED) is 0.830. The summed E-state index contributed by atoms with van der Waals surface area (Å²) in [6, 6.07) is 12.1. The molecule has 0 unspecified atom stereocenters. The molecule has 108 valence electrons. The van der Waals surface area contributed by atoms with E-state index < -0.39 is 17.9 Å². The number of para-hydroxylation sites is 1. The van der Waals surface area contributed by atoms with Crippen LogP contribution in [0.4, 0.5) is 0 Å². The Balaban J connectivity index is 1.83. The number of benzene rings is 1. The predicted molar refractivity (Wildman–Crippen MR) is 76.4 cm³/mol. The van der Waals surface area contributed by atoms with E-state index in [9.17, 15) is 9.59 Å². The van der Waals surface area contributed by atoms with E-state index in [4.69, 9.17) is 4.74 Å². The first-order valence-corrected chi connectivity index (χ1v) is 6.39. The number of hydrogen-bond acceptors (Lipinski definition) is 4. The van der Waals surface area contributed by atoms with Gasteiger partial charge in [0, 0.05) is 18.0 Å². The molecule has 1 aromatic heterocycles. The van der Waals surface area contributed by atoms with Crippen LogP contribution in [0.2, 0.25) is 0 Å². The van der Waals surface area contributed by atoms with Crippen molar-refractivity contribution in [1.82, 2.24) is 15.8 Å². The summed E-state index contributed by atoms with van der Waals surface area (Å²) < 4.78 is 5.44. The molecular weight excluding hydrogens is 270 g/mol. The van der Waals surface area contributed by atoms with E-state index in [-0.39, 0.29) is 0 Å². The second kappa shape index (κ2) is 7.04. The van der Waals surface area contributed by atoms with Crippen LogP contribution in [0.25, 0.3) is 0 Å². The number of hydrazine groups is 1. The number of rotatable bonds is 4. The van der Waals surface area contributed by atoms with E-state index in [1.807, 2.05) is 18.2 Å². The third-order valence-electron chi connectivity index (χ3n) is 2.67. The van der Waals surface area contributed by atoms with E-state index in [1.165, 1.54) is 12.4 Å². The van der Waals surface area contributed by atoms with Crippen molar-refractivity contribution >= 4 is 11.8 Å². The highest BCUT2D eigenvalue weighted by Gasteiger charge is 2.15. The van der Waals surface area contributed by atoms with Crippen molar-refractivity contribution < 1.29 is 14.3 Å². The van der Waals surface area contributed by atoms with Gasteiger partial charge < -0.3 is 4.74 Å². The van der Waals surface area contributed by atoms with Crippen LogP contribution in [-0.4, -0.2) is 22.9 Å². The lowest BCUT2D eigenvalue weighted by molar-refractivity contribution is -0.128. The molecule has 0 aliphatic carbocycles. The normalized spacial score (nSPS) is 11.3. The van der Waals surface area contributed by atoms with Crippen LogP contribution in [0, 0.1) is 0 Å². The Kier molecular flexibility index (Phi) is 4.87. The lowest BCUT2D eigenvalue weighted by Gasteiger charge is -2.15. The molecule has 2 amide bonds. The fourth-order valence-corrected chi connectivity index (χ4v) is 1.55. The maximum Gasteiger partial charge on any atom is 0.279 e. The van der Waals surface area contributed by atoms with Crippen LogP contribution in [0.3, 0.4) is 0 Å². The van der Waals surface area contributed by atoms with Gasteiger partial charge in [-0.15, -0.1) is 0 Å². The molecule has 0 bridgehead atoms. The average molecular weight is 285 g/mol. The summed E-state index contributed by atoms with van der Waals surface area (Å²) in [7, 11) is 0. The first-order valence-electron chi connectivity index (χ1n) is 6.39. The number of nitrogens with one attached hydrogen (secondary N) is 2. The molecule has 0 radical (unpaired) electrons. The van der Waals surface area contributed by atoms with Crippen molar-refractivity contribution in [3.05, 3.63) is 60.4 Å². The maximum absolute atomic E-state index is 11.8. The second-order valence-electron chi connectivity index (χ2n) is 4.25. The van der Waals surface area contributed by atoms with Crippen molar-refractivity contribution in [2.24, 2.45) is 0 Å². The highest BCUT2D eigenvalue weighted by atomic mass is 16.5. The minimum Gasteiger partial charge on any atom is -0.481 e. The van der Waals surface area contributed by atoms with Gasteiger partial charge in [-0.05, 0) is 31.2 Å². The highest BCUT2D eigenvalue weighted by Crippen LogP contribution is 2.10. The number of carbonyl (C=O) groups excluding carboxylic acids is 2. The van der Waals surface area contributed by atoms with Gasteiger partial charge in [0.05, 0.1) is 0 Å². The highest BCUT2D eigenvalue weighted by molar-refractivity contribution is 5.95. The SMILES string of the molecule is C[C@@H](Oc1ccccc1)C(=O)NNC(=O)c1ccncc1. The molecule has 0 spiro atoms. The molecule has 0 aliphatic heterocycles. The maximum atomic E-state index is 11.8. The molecule has 1 aromatic carbocycles. The monoisotopic (exact) mass is 285 g/mol. The number of aromatic nitrogens is 1. The summed E-state index contributed by atoms with van der Waals surface area (Å²) in [6.07, 6.45) is 2.26. The summed E-state index contributed by atoms with van der Waals surface area (Å²) in [4.78, 5) is 27.4. The zero-order chi connectivity index (χ0) is 15.1. The summed E-state index contributed by atoms with van der Waals surface area (Å²) in [6.45, 7) is 1.60. The van der Waals surface area contributed by atoms with E-state index in [1.54, 1.807) is 31.2 Å². The number of amides is 2. The zero-order valence-electron chi connectivity index (χ0n) is 11.4. The molecule has 2 rings (SSSR count). The Labute approximate surface area is 122 Å². The number of nitrogens with zero attached hydrogens (tertiary/aromatic N) is 1. The van der Waals surface area contributed by atoms with Gasteiger partial charge in [0.2, 0.25) is 0 Å². The van der Waals surface area contributed by atoms with Crippen molar-refractivity contribution in [3.63, 3.8) is 0 Å². The minimum atomic E-state index is -0.731. The Morgan fingerprint density at radius 2 is 1.71 bits per heavy atom. The van der Waals surface area contributed by atoms with Gasteiger partial charge in [-0.3, -0.25) is 25.4 Å². The zero-order valence-corrected chi connectivity index (χ0v) is 11.4. The molecule has 2 aromatic rings. The standard InChI is InChI=1S/C15H15N3O3/c1-11(21-13-5-3-2-4-6-13)14(19)17-18-15(20)12-7-9-16-10-8-12/h2-11H,1H3,(H,17,19)(H,18,20)/t11-/m1/s1. The number of carbonyl (C=O) groups is 2. The van der Waals surface area contributed by atoms with Crippen molar-refractivity contribution in [3.8, 4) is 5.75 Å². The van der Waals surface area contributed by atoms with Crippen molar-refractivity contribution in [2.45, 2.75) is 13.0 Å². The van der Waals surface area contributed by atoms with E-state index in [0.29, 0.717) is 11.3 Å². The summed E-state index contributed by atoms with van der Waals surface area (Å²) in [5.41, 5.74) is 5.04. The summed E-state index contributed by atoms with van der Waals surface area (Å²) in [5.74, 6) is -0.278. The Hall–Kier alpha value is -2.89. The Bertz CT molecular complexity index is 602. The number of hydrogen-bond donors (Lipinski definition) is 2. The predicted octanol–water partition coefficient (Wildman–Crippen LogP) is 1.31. The van der Waals surface area contributed by atoms with Gasteiger partial charge >= 0.3 is 0 Å².